The van der Waals surface area contributed by atoms with Gasteiger partial charge in [0, 0.05) is 51.2 Å². The third kappa shape index (κ3) is 26.1. The Labute approximate surface area is 505 Å². The Morgan fingerprint density at radius 1 is 0.477 bits per heavy atom. The van der Waals surface area contributed by atoms with Crippen molar-refractivity contribution in [2.45, 2.75) is 89.9 Å². The van der Waals surface area contributed by atoms with E-state index in [-0.39, 0.29) is 106 Å². The number of likely N-dealkylation sites (tertiary alicyclic amines) is 2. The van der Waals surface area contributed by atoms with Crippen molar-refractivity contribution in [3.8, 4) is 23.0 Å². The van der Waals surface area contributed by atoms with Crippen molar-refractivity contribution in [1.82, 2.24) is 9.80 Å². The lowest BCUT2D eigenvalue weighted by Crippen LogP contribution is -2.37. The van der Waals surface area contributed by atoms with Gasteiger partial charge in [-0.05, 0) is 100 Å². The van der Waals surface area contributed by atoms with Gasteiger partial charge < -0.3 is 87.0 Å². The van der Waals surface area contributed by atoms with Gasteiger partial charge >= 0.3 is 42.3 Å². The molecule has 28 nitrogen and oxygen atoms in total. The van der Waals surface area contributed by atoms with Crippen LogP contribution in [0.2, 0.25) is 10.0 Å². The van der Waals surface area contributed by atoms with Gasteiger partial charge in [-0.3, -0.25) is 27.8 Å². The first kappa shape index (κ1) is 71.4. The van der Waals surface area contributed by atoms with Crippen LogP contribution < -0.4 is 18.9 Å². The molecule has 86 heavy (non-hydrogen) atoms. The summed E-state index contributed by atoms with van der Waals surface area (Å²) in [6.45, 7) is 1.81. The second-order valence-electron chi connectivity index (χ2n) is 19.5. The highest BCUT2D eigenvalue weighted by molar-refractivity contribution is 7.52. The molecule has 8 N–H and O–H groups in total. The van der Waals surface area contributed by atoms with Gasteiger partial charge in [0.15, 0.2) is 38.6 Å². The van der Waals surface area contributed by atoms with Gasteiger partial charge in [-0.25, -0.2) is 9.59 Å². The third-order valence-corrected chi connectivity index (χ3v) is 15.1. The van der Waals surface area contributed by atoms with Crippen LogP contribution in [0.5, 0.6) is 23.0 Å². The molecule has 6 rings (SSSR count). The Morgan fingerprint density at radius 2 is 0.791 bits per heavy atom. The van der Waals surface area contributed by atoms with E-state index in [1.165, 1.54) is 0 Å². The lowest BCUT2D eigenvalue weighted by molar-refractivity contribution is -0.137. The minimum atomic E-state index is -4.73. The summed E-state index contributed by atoms with van der Waals surface area (Å²) in [4.78, 5) is 141. The largest absolute Gasteiger partial charge is 0.480 e. The van der Waals surface area contributed by atoms with Crippen LogP contribution in [-0.2, 0) is 59.8 Å². The molecule has 0 aliphatic carbocycles. The molecule has 4 aliphatic rings. The summed E-state index contributed by atoms with van der Waals surface area (Å²) in [7, 11) is -18.8. The molecular weight excluding hydrogens is 1260 g/mol. The second kappa shape index (κ2) is 35.0. The van der Waals surface area contributed by atoms with Crippen LogP contribution in [0.15, 0.2) is 71.1 Å². The van der Waals surface area contributed by atoms with Crippen LogP contribution in [0.3, 0.4) is 0 Å². The maximum atomic E-state index is 13.3. The SMILES string of the molecule is O=C1OCC/C=C/CC/C=C/C(=N\OCC(=O)N2CCCCC2)Cc2c(Cl)c(OCP(=O)(O)O)cc(OCP(=O)(O)O)c21.O=C1OCC/C=C/CC/C=C/C(=N\OCC(=O)N2CCCCC2)Cc2c(Cl)c(OCP(=O)(O)O)cc(OCP(=O)(O)O)c21. The van der Waals surface area contributed by atoms with Crippen molar-refractivity contribution in [2.24, 2.45) is 10.3 Å². The normalized spacial score (nSPS) is 19.5. The summed E-state index contributed by atoms with van der Waals surface area (Å²) >= 11 is 13.2. The summed E-state index contributed by atoms with van der Waals surface area (Å²) in [6.07, 6.45) is 18.5. The van der Waals surface area contributed by atoms with E-state index < -0.39 is 79.2 Å². The van der Waals surface area contributed by atoms with Gasteiger partial charge in [-0.1, -0.05) is 70.0 Å². The Balaban J connectivity index is 0.000000314. The smallest absolute Gasteiger partial charge is 0.362 e. The van der Waals surface area contributed by atoms with Gasteiger partial charge in [0.1, 0.15) is 34.1 Å². The van der Waals surface area contributed by atoms with Crippen LogP contribution in [0.1, 0.15) is 109 Å². The van der Waals surface area contributed by atoms with Gasteiger partial charge in [-0.15, -0.1) is 0 Å². The maximum absolute atomic E-state index is 13.3. The van der Waals surface area contributed by atoms with Gasteiger partial charge in [0.05, 0.1) is 34.7 Å². The lowest BCUT2D eigenvalue weighted by atomic mass is 9.99. The van der Waals surface area contributed by atoms with Crippen LogP contribution in [0.4, 0.5) is 0 Å². The number of cyclic esters (lactones) is 2. The zero-order chi connectivity index (χ0) is 62.9. The molecule has 0 radical (unpaired) electrons. The zero-order valence-corrected chi connectivity index (χ0v) is 51.7. The first-order valence-electron chi connectivity index (χ1n) is 27.0. The van der Waals surface area contributed by atoms with Crippen molar-refractivity contribution < 1.29 is 115 Å². The van der Waals surface area contributed by atoms with Crippen LogP contribution >= 0.6 is 53.6 Å². The van der Waals surface area contributed by atoms with Crippen molar-refractivity contribution in [1.29, 1.82) is 0 Å². The van der Waals surface area contributed by atoms with Crippen molar-refractivity contribution in [2.75, 3.05) is 78.0 Å². The number of oxime groups is 2. The number of allylic oxidation sites excluding steroid dienone is 6. The highest BCUT2D eigenvalue weighted by atomic mass is 35.5. The topological polar surface area (TPSA) is 403 Å². The molecule has 2 aromatic rings. The number of halogens is 2. The molecule has 0 spiro atoms. The van der Waals surface area contributed by atoms with E-state index in [9.17, 15) is 76.6 Å². The van der Waals surface area contributed by atoms with E-state index in [0.29, 0.717) is 64.7 Å². The number of carbonyl (C=O) groups is 4. The summed E-state index contributed by atoms with van der Waals surface area (Å²) in [5.41, 5.74) is -0.245. The number of esters is 2. The number of fused-ring (bicyclic) bond motifs is 2. The predicted octanol–water partition coefficient (Wildman–Crippen LogP) is 7.50. The summed E-state index contributed by atoms with van der Waals surface area (Å²) in [5.74, 6) is -3.80. The Morgan fingerprint density at radius 3 is 1.13 bits per heavy atom. The number of rotatable bonds is 18. The molecule has 0 bridgehead atoms. The molecule has 2 aromatic carbocycles. The molecule has 0 aromatic heterocycles. The number of carbonyl (C=O) groups excluding carboxylic acids is 4. The average molecular weight is 1330 g/mol. The first-order chi connectivity index (χ1) is 40.7. The predicted molar refractivity (Wildman–Crippen MR) is 313 cm³/mol. The molecule has 0 unspecified atom stereocenters. The number of nitrogens with zero attached hydrogens (tertiary/aromatic N) is 4. The van der Waals surface area contributed by atoms with Gasteiger partial charge in [0.2, 0.25) is 0 Å². The van der Waals surface area contributed by atoms with Crippen molar-refractivity contribution in [3.05, 3.63) is 93.0 Å². The summed E-state index contributed by atoms with van der Waals surface area (Å²) in [6, 6.07) is 1.99. The lowest BCUT2D eigenvalue weighted by Gasteiger charge is -2.26. The van der Waals surface area contributed by atoms with Crippen molar-refractivity contribution >= 4 is 88.8 Å². The van der Waals surface area contributed by atoms with Gasteiger partial charge in [0.25, 0.3) is 11.8 Å². The molecule has 4 aliphatic heterocycles. The molecule has 0 saturated carbocycles. The molecule has 0 atom stereocenters. The molecule has 2 amide bonds. The third-order valence-electron chi connectivity index (χ3n) is 12.4. The number of benzene rings is 2. The fourth-order valence-electron chi connectivity index (χ4n) is 8.45. The molecule has 4 heterocycles. The summed E-state index contributed by atoms with van der Waals surface area (Å²) < 4.78 is 78.0. The molecule has 476 valence electrons. The Kier molecular flexibility index (Phi) is 29.0. The van der Waals surface area contributed by atoms with E-state index >= 15 is 0 Å². The Hall–Kier alpha value is -5.40. The number of ether oxygens (including phenoxy) is 6. The van der Waals surface area contributed by atoms with E-state index in [2.05, 4.69) is 10.3 Å². The van der Waals surface area contributed by atoms with E-state index in [4.69, 9.17) is 61.3 Å². The molecule has 2 saturated heterocycles. The number of amides is 2. The minimum Gasteiger partial charge on any atom is -0.480 e. The molecule has 2 fully saturated rings. The van der Waals surface area contributed by atoms with Crippen molar-refractivity contribution in [3.63, 3.8) is 0 Å². The molecule has 34 heteroatoms. The standard InChI is InChI=1S/2C26H35ClN2O12P2/c2*27-25-20-14-19(28-41-16-23(30)29-11-7-5-8-12-29)10-6-3-1-2-4-9-13-38-26(31)24(20)21(39-17-42(32,33)34)15-22(25)40-18-43(35,36)37/h2*2,4,6,10,15H,1,3,5,7-9,11-14,16-18H2,(H2,32,33,34)(H2,35,36,37)/b2*4-2+,10-6+,28-19+. The number of hydrogen-bond acceptors (Lipinski definition) is 18. The summed E-state index contributed by atoms with van der Waals surface area (Å²) in [5, 5.41) is 7.71. The number of hydrogen-bond donors (Lipinski definition) is 8. The second-order valence-corrected chi connectivity index (χ2v) is 26.6. The zero-order valence-electron chi connectivity index (χ0n) is 46.6. The van der Waals surface area contributed by atoms with Crippen LogP contribution in [0, 0.1) is 0 Å². The minimum absolute atomic E-state index is 0.0285. The Bertz CT molecular complexity index is 2860. The van der Waals surface area contributed by atoms with Gasteiger partial charge in [-0.2, -0.15) is 0 Å². The first-order valence-corrected chi connectivity index (χ1v) is 34.9. The number of piperidine rings is 2. The molecular formula is C52H70Cl2N4O24P4. The van der Waals surface area contributed by atoms with E-state index in [1.54, 1.807) is 34.1 Å². The fraction of sp³-hybridized carbons (Fsp3) is 0.500. The highest BCUT2D eigenvalue weighted by Gasteiger charge is 2.32. The van der Waals surface area contributed by atoms with Crippen LogP contribution in [0.25, 0.3) is 0 Å². The fourth-order valence-corrected chi connectivity index (χ4v) is 10.2. The maximum Gasteiger partial charge on any atom is 0.362 e. The highest BCUT2D eigenvalue weighted by Crippen LogP contribution is 2.46. The monoisotopic (exact) mass is 1330 g/mol. The quantitative estimate of drug-likeness (QED) is 0.0310. The van der Waals surface area contributed by atoms with E-state index in [0.717, 1.165) is 50.7 Å². The average Bonchev–Trinajstić information content (AvgIpc) is 1.16. The van der Waals surface area contributed by atoms with Crippen LogP contribution in [-0.4, -0.2) is 162 Å². The van der Waals surface area contributed by atoms with E-state index in [1.807, 2.05) is 24.3 Å².